The van der Waals surface area contributed by atoms with Gasteiger partial charge < -0.3 is 11.1 Å². The Morgan fingerprint density at radius 2 is 1.92 bits per heavy atom. The number of hydrogen-bond acceptors (Lipinski definition) is 3. The Hall–Kier alpha value is -1.39. The molecule has 1 saturated carbocycles. The fraction of sp³-hybridized carbons (Fsp3) is 0.650. The number of nitrogens with zero attached hydrogens (tertiary/aromatic N) is 1. The Labute approximate surface area is 145 Å². The van der Waals surface area contributed by atoms with E-state index < -0.39 is 0 Å². The molecule has 1 unspecified atom stereocenters. The fourth-order valence-corrected chi connectivity index (χ4v) is 4.27. The molecule has 1 heterocycles. The number of amides is 1. The topological polar surface area (TPSA) is 58.4 Å². The van der Waals surface area contributed by atoms with Crippen molar-refractivity contribution in [3.8, 4) is 0 Å². The minimum atomic E-state index is -0.0744. The van der Waals surface area contributed by atoms with Gasteiger partial charge in [0.15, 0.2) is 0 Å². The predicted molar refractivity (Wildman–Crippen MR) is 97.8 cm³/mol. The summed E-state index contributed by atoms with van der Waals surface area (Å²) < 4.78 is 0. The van der Waals surface area contributed by atoms with Crippen LogP contribution in [-0.4, -0.2) is 42.5 Å². The highest BCUT2D eigenvalue weighted by molar-refractivity contribution is 5.81. The lowest BCUT2D eigenvalue weighted by Crippen LogP contribution is -2.48. The highest BCUT2D eigenvalue weighted by Crippen LogP contribution is 2.33. The van der Waals surface area contributed by atoms with Gasteiger partial charge in [-0.2, -0.15) is 0 Å². The second-order valence-corrected chi connectivity index (χ2v) is 7.49. The molecule has 3 N–H and O–H groups in total. The third kappa shape index (κ3) is 3.98. The molecule has 3 atom stereocenters. The predicted octanol–water partition coefficient (Wildman–Crippen LogP) is 2.50. The molecule has 2 aliphatic rings. The van der Waals surface area contributed by atoms with E-state index in [1.165, 1.54) is 24.8 Å². The minimum Gasteiger partial charge on any atom is -0.352 e. The van der Waals surface area contributed by atoms with Gasteiger partial charge in [-0.1, -0.05) is 49.6 Å². The number of likely N-dealkylation sites (tertiary alicyclic amines) is 1. The number of benzene rings is 1. The molecule has 0 radical (unpaired) electrons. The average molecular weight is 329 g/mol. The van der Waals surface area contributed by atoms with Crippen LogP contribution in [0.4, 0.5) is 0 Å². The number of hydrogen-bond donors (Lipinski definition) is 2. The first-order chi connectivity index (χ1) is 11.7. The van der Waals surface area contributed by atoms with Gasteiger partial charge in [0.1, 0.15) is 0 Å². The van der Waals surface area contributed by atoms with Crippen molar-refractivity contribution >= 4 is 5.91 Å². The average Bonchev–Trinajstić information content (AvgIpc) is 3.07. The van der Waals surface area contributed by atoms with Crippen LogP contribution in [0.3, 0.4) is 0 Å². The summed E-state index contributed by atoms with van der Waals surface area (Å²) >= 11 is 0. The standard InChI is InChI=1S/C20H31N3O/c1-15(20(24)22-18-10-6-3-7-11-18)23-13-17(12-21)19(14-23)16-8-4-2-5-9-16/h2,4-5,8-9,15,17-19H,3,6-7,10-14,21H2,1H3,(H,22,24)/t15?,17-,19+/m1/s1. The summed E-state index contributed by atoms with van der Waals surface area (Å²) in [7, 11) is 0. The van der Waals surface area contributed by atoms with E-state index in [0.29, 0.717) is 24.4 Å². The zero-order valence-corrected chi connectivity index (χ0v) is 14.8. The van der Waals surface area contributed by atoms with Gasteiger partial charge in [0.05, 0.1) is 6.04 Å². The van der Waals surface area contributed by atoms with E-state index in [9.17, 15) is 4.79 Å². The number of nitrogens with one attached hydrogen (secondary N) is 1. The summed E-state index contributed by atoms with van der Waals surface area (Å²) in [5, 5.41) is 3.27. The normalized spacial score (nSPS) is 27.1. The second kappa shape index (κ2) is 8.13. The molecular formula is C20H31N3O. The lowest BCUT2D eigenvalue weighted by atomic mass is 9.89. The maximum atomic E-state index is 12.7. The Bertz CT molecular complexity index is 527. The monoisotopic (exact) mass is 329 g/mol. The van der Waals surface area contributed by atoms with Crippen molar-refractivity contribution in [3.63, 3.8) is 0 Å². The molecule has 1 amide bonds. The van der Waals surface area contributed by atoms with Gasteiger partial charge in [-0.25, -0.2) is 0 Å². The molecule has 2 fully saturated rings. The quantitative estimate of drug-likeness (QED) is 0.872. The smallest absolute Gasteiger partial charge is 0.237 e. The first-order valence-electron chi connectivity index (χ1n) is 9.48. The summed E-state index contributed by atoms with van der Waals surface area (Å²) in [6, 6.07) is 10.9. The summed E-state index contributed by atoms with van der Waals surface area (Å²) in [4.78, 5) is 15.0. The molecule has 0 aromatic heterocycles. The van der Waals surface area contributed by atoms with Gasteiger partial charge in [0, 0.05) is 25.0 Å². The van der Waals surface area contributed by atoms with Crippen molar-refractivity contribution in [2.75, 3.05) is 19.6 Å². The Morgan fingerprint density at radius 1 is 1.21 bits per heavy atom. The second-order valence-electron chi connectivity index (χ2n) is 7.49. The van der Waals surface area contributed by atoms with Gasteiger partial charge in [-0.15, -0.1) is 0 Å². The van der Waals surface area contributed by atoms with Crippen molar-refractivity contribution in [2.24, 2.45) is 11.7 Å². The lowest BCUT2D eigenvalue weighted by Gasteiger charge is -2.28. The zero-order chi connectivity index (χ0) is 16.9. The summed E-state index contributed by atoms with van der Waals surface area (Å²) in [6.07, 6.45) is 6.07. The van der Waals surface area contributed by atoms with Crippen LogP contribution < -0.4 is 11.1 Å². The molecule has 0 spiro atoms. The van der Waals surface area contributed by atoms with Crippen LogP contribution in [0.5, 0.6) is 0 Å². The molecule has 24 heavy (non-hydrogen) atoms. The molecule has 4 nitrogen and oxygen atoms in total. The van der Waals surface area contributed by atoms with Crippen molar-refractivity contribution in [1.82, 2.24) is 10.2 Å². The van der Waals surface area contributed by atoms with E-state index in [4.69, 9.17) is 5.73 Å². The SMILES string of the molecule is CC(C(=O)NC1CCCCC1)N1C[C@@H](CN)[C@H](c2ccccc2)C1. The van der Waals surface area contributed by atoms with Gasteiger partial charge in [0.2, 0.25) is 5.91 Å². The van der Waals surface area contributed by atoms with Crippen molar-refractivity contribution in [3.05, 3.63) is 35.9 Å². The molecular weight excluding hydrogens is 298 g/mol. The van der Waals surface area contributed by atoms with Crippen LogP contribution in [0.15, 0.2) is 30.3 Å². The first-order valence-corrected chi connectivity index (χ1v) is 9.48. The summed E-state index contributed by atoms with van der Waals surface area (Å²) in [5.74, 6) is 1.05. The maximum Gasteiger partial charge on any atom is 0.237 e. The van der Waals surface area contributed by atoms with E-state index in [2.05, 4.69) is 34.5 Å². The molecule has 1 saturated heterocycles. The number of carbonyl (C=O) groups excluding carboxylic acids is 1. The third-order valence-corrected chi connectivity index (χ3v) is 5.88. The lowest BCUT2D eigenvalue weighted by molar-refractivity contribution is -0.126. The van der Waals surface area contributed by atoms with Crippen LogP contribution in [0.2, 0.25) is 0 Å². The van der Waals surface area contributed by atoms with E-state index in [0.717, 1.165) is 25.9 Å². The number of rotatable bonds is 5. The maximum absolute atomic E-state index is 12.7. The van der Waals surface area contributed by atoms with Crippen molar-refractivity contribution in [1.29, 1.82) is 0 Å². The van der Waals surface area contributed by atoms with E-state index in [-0.39, 0.29) is 11.9 Å². The Balaban J connectivity index is 1.60. The highest BCUT2D eigenvalue weighted by Gasteiger charge is 2.37. The Morgan fingerprint density at radius 3 is 2.58 bits per heavy atom. The minimum absolute atomic E-state index is 0.0744. The summed E-state index contributed by atoms with van der Waals surface area (Å²) in [5.41, 5.74) is 7.37. The fourth-order valence-electron chi connectivity index (χ4n) is 4.27. The molecule has 132 valence electrons. The number of nitrogens with two attached hydrogens (primary N) is 1. The van der Waals surface area contributed by atoms with Crippen LogP contribution in [-0.2, 0) is 4.79 Å². The molecule has 0 bridgehead atoms. The molecule has 1 aliphatic carbocycles. The summed E-state index contributed by atoms with van der Waals surface area (Å²) in [6.45, 7) is 4.55. The van der Waals surface area contributed by atoms with Gasteiger partial charge in [-0.3, -0.25) is 9.69 Å². The van der Waals surface area contributed by atoms with E-state index in [1.807, 2.05) is 13.0 Å². The molecule has 1 aliphatic heterocycles. The first kappa shape index (κ1) is 17.4. The highest BCUT2D eigenvalue weighted by atomic mass is 16.2. The van der Waals surface area contributed by atoms with Crippen molar-refractivity contribution < 1.29 is 4.79 Å². The molecule has 1 aromatic carbocycles. The van der Waals surface area contributed by atoms with Gasteiger partial charge >= 0.3 is 0 Å². The Kier molecular flexibility index (Phi) is 5.90. The molecule has 3 rings (SSSR count). The molecule has 4 heteroatoms. The zero-order valence-electron chi connectivity index (χ0n) is 14.8. The largest absolute Gasteiger partial charge is 0.352 e. The molecule has 1 aromatic rings. The van der Waals surface area contributed by atoms with Crippen LogP contribution in [0.1, 0.15) is 50.5 Å². The van der Waals surface area contributed by atoms with E-state index >= 15 is 0 Å². The number of carbonyl (C=O) groups is 1. The van der Waals surface area contributed by atoms with Crippen LogP contribution in [0.25, 0.3) is 0 Å². The van der Waals surface area contributed by atoms with Crippen LogP contribution in [0, 0.1) is 5.92 Å². The van der Waals surface area contributed by atoms with Crippen molar-refractivity contribution in [2.45, 2.75) is 57.0 Å². The van der Waals surface area contributed by atoms with E-state index in [1.54, 1.807) is 0 Å². The van der Waals surface area contributed by atoms with Gasteiger partial charge in [-0.05, 0) is 37.8 Å². The van der Waals surface area contributed by atoms with Gasteiger partial charge in [0.25, 0.3) is 0 Å². The third-order valence-electron chi connectivity index (χ3n) is 5.88. The van der Waals surface area contributed by atoms with Crippen LogP contribution >= 0.6 is 0 Å².